The van der Waals surface area contributed by atoms with Crippen molar-refractivity contribution in [1.82, 2.24) is 4.90 Å². The number of hydrogen-bond acceptors (Lipinski definition) is 1. The Balaban J connectivity index is 2.13. The first kappa shape index (κ1) is 13.1. The molecule has 2 aromatic carbocycles. The van der Waals surface area contributed by atoms with E-state index in [1.165, 1.54) is 0 Å². The van der Waals surface area contributed by atoms with E-state index in [0.29, 0.717) is 6.54 Å². The number of nitrogens with zero attached hydrogens (tertiary/aromatic N) is 1. The standard InChI is InChI=1S/C15H14INO/c1-17(11-12-7-3-2-4-8-12)15(18)13-9-5-6-10-14(13)16/h2-10H,11H2,1H3. The van der Waals surface area contributed by atoms with Crippen molar-refractivity contribution in [2.45, 2.75) is 6.54 Å². The smallest absolute Gasteiger partial charge is 0.254 e. The van der Waals surface area contributed by atoms with E-state index in [9.17, 15) is 4.79 Å². The maximum atomic E-state index is 12.3. The van der Waals surface area contributed by atoms with Crippen LogP contribution in [-0.2, 0) is 6.54 Å². The van der Waals surface area contributed by atoms with Crippen LogP contribution >= 0.6 is 22.6 Å². The van der Waals surface area contributed by atoms with E-state index >= 15 is 0 Å². The number of carbonyl (C=O) groups excluding carboxylic acids is 1. The van der Waals surface area contributed by atoms with E-state index in [0.717, 1.165) is 14.7 Å². The topological polar surface area (TPSA) is 20.3 Å². The molecule has 2 rings (SSSR count). The Kier molecular flexibility index (Phi) is 4.36. The molecule has 0 unspecified atom stereocenters. The lowest BCUT2D eigenvalue weighted by molar-refractivity contribution is 0.0784. The highest BCUT2D eigenvalue weighted by molar-refractivity contribution is 14.1. The van der Waals surface area contributed by atoms with E-state index in [1.807, 2.05) is 61.6 Å². The molecule has 0 radical (unpaired) electrons. The summed E-state index contributed by atoms with van der Waals surface area (Å²) in [4.78, 5) is 14.0. The van der Waals surface area contributed by atoms with Crippen LogP contribution in [0.25, 0.3) is 0 Å². The van der Waals surface area contributed by atoms with Crippen molar-refractivity contribution in [2.75, 3.05) is 7.05 Å². The first-order chi connectivity index (χ1) is 8.68. The number of halogens is 1. The van der Waals surface area contributed by atoms with E-state index in [-0.39, 0.29) is 5.91 Å². The number of benzene rings is 2. The zero-order valence-corrected chi connectivity index (χ0v) is 12.3. The predicted octanol–water partition coefficient (Wildman–Crippen LogP) is 3.56. The molecule has 0 saturated carbocycles. The quantitative estimate of drug-likeness (QED) is 0.775. The van der Waals surface area contributed by atoms with Crippen molar-refractivity contribution in [3.05, 3.63) is 69.3 Å². The van der Waals surface area contributed by atoms with Crippen molar-refractivity contribution in [2.24, 2.45) is 0 Å². The maximum Gasteiger partial charge on any atom is 0.254 e. The van der Waals surface area contributed by atoms with Gasteiger partial charge in [-0.15, -0.1) is 0 Å². The summed E-state index contributed by atoms with van der Waals surface area (Å²) in [6.07, 6.45) is 0. The molecular weight excluding hydrogens is 337 g/mol. The maximum absolute atomic E-state index is 12.3. The van der Waals surface area contributed by atoms with Gasteiger partial charge in [0.25, 0.3) is 5.91 Å². The average Bonchev–Trinajstić information content (AvgIpc) is 2.39. The van der Waals surface area contributed by atoms with Crippen molar-refractivity contribution in [3.8, 4) is 0 Å². The molecule has 3 heteroatoms. The molecule has 0 saturated heterocycles. The minimum absolute atomic E-state index is 0.0591. The lowest BCUT2D eigenvalue weighted by Crippen LogP contribution is -2.26. The third-order valence-corrected chi connectivity index (χ3v) is 3.65. The minimum atomic E-state index is 0.0591. The van der Waals surface area contributed by atoms with Crippen LogP contribution in [0.1, 0.15) is 15.9 Å². The molecule has 2 nitrogen and oxygen atoms in total. The second-order valence-electron chi connectivity index (χ2n) is 4.13. The highest BCUT2D eigenvalue weighted by Crippen LogP contribution is 2.14. The van der Waals surface area contributed by atoms with Crippen LogP contribution in [0.3, 0.4) is 0 Å². The zero-order valence-electron chi connectivity index (χ0n) is 10.1. The Morgan fingerprint density at radius 2 is 1.67 bits per heavy atom. The Hall–Kier alpha value is -1.36. The van der Waals surface area contributed by atoms with Gasteiger partial charge >= 0.3 is 0 Å². The Morgan fingerprint density at radius 3 is 2.33 bits per heavy atom. The normalized spacial score (nSPS) is 10.1. The van der Waals surface area contributed by atoms with Crippen molar-refractivity contribution in [3.63, 3.8) is 0 Å². The fourth-order valence-electron chi connectivity index (χ4n) is 1.77. The van der Waals surface area contributed by atoms with Gasteiger partial charge in [0.05, 0.1) is 5.56 Å². The molecular formula is C15H14INO. The van der Waals surface area contributed by atoms with E-state index in [4.69, 9.17) is 0 Å². The SMILES string of the molecule is CN(Cc1ccccc1)C(=O)c1ccccc1I. The fourth-order valence-corrected chi connectivity index (χ4v) is 2.39. The molecule has 0 spiro atoms. The summed E-state index contributed by atoms with van der Waals surface area (Å²) in [7, 11) is 1.83. The second kappa shape index (κ2) is 6.00. The third kappa shape index (κ3) is 3.10. The Labute approximate surface area is 121 Å². The van der Waals surface area contributed by atoms with Gasteiger partial charge in [0, 0.05) is 17.2 Å². The summed E-state index contributed by atoms with van der Waals surface area (Å²) in [5.41, 5.74) is 1.90. The number of rotatable bonds is 3. The third-order valence-electron chi connectivity index (χ3n) is 2.71. The van der Waals surface area contributed by atoms with Gasteiger partial charge in [0.2, 0.25) is 0 Å². The van der Waals surface area contributed by atoms with E-state index in [2.05, 4.69) is 22.6 Å². The summed E-state index contributed by atoms with van der Waals surface area (Å²) in [5.74, 6) is 0.0591. The molecule has 0 fully saturated rings. The van der Waals surface area contributed by atoms with Gasteiger partial charge in [0.1, 0.15) is 0 Å². The molecule has 0 atom stereocenters. The number of carbonyl (C=O) groups is 1. The summed E-state index contributed by atoms with van der Waals surface area (Å²) in [6, 6.07) is 17.7. The summed E-state index contributed by atoms with van der Waals surface area (Å²) in [5, 5.41) is 0. The van der Waals surface area contributed by atoms with Crippen LogP contribution < -0.4 is 0 Å². The van der Waals surface area contributed by atoms with Crippen LogP contribution in [0.5, 0.6) is 0 Å². The van der Waals surface area contributed by atoms with Gasteiger partial charge in [-0.05, 0) is 40.3 Å². The van der Waals surface area contributed by atoms with Crippen LogP contribution in [-0.4, -0.2) is 17.9 Å². The first-order valence-electron chi connectivity index (χ1n) is 5.72. The minimum Gasteiger partial charge on any atom is -0.337 e. The van der Waals surface area contributed by atoms with E-state index < -0.39 is 0 Å². The zero-order chi connectivity index (χ0) is 13.0. The molecule has 0 aliphatic rings. The van der Waals surface area contributed by atoms with Gasteiger partial charge < -0.3 is 4.90 Å². The molecule has 1 amide bonds. The summed E-state index contributed by atoms with van der Waals surface area (Å²) >= 11 is 2.19. The first-order valence-corrected chi connectivity index (χ1v) is 6.80. The molecule has 0 heterocycles. The second-order valence-corrected chi connectivity index (χ2v) is 5.29. The van der Waals surface area contributed by atoms with E-state index in [1.54, 1.807) is 4.90 Å². The van der Waals surface area contributed by atoms with Crippen molar-refractivity contribution < 1.29 is 4.79 Å². The highest BCUT2D eigenvalue weighted by atomic mass is 127. The molecule has 92 valence electrons. The molecule has 0 aliphatic heterocycles. The predicted molar refractivity (Wildman–Crippen MR) is 81.4 cm³/mol. The van der Waals surface area contributed by atoms with Crippen molar-refractivity contribution >= 4 is 28.5 Å². The monoisotopic (exact) mass is 351 g/mol. The van der Waals surface area contributed by atoms with Gasteiger partial charge in [-0.3, -0.25) is 4.79 Å². The number of hydrogen-bond donors (Lipinski definition) is 0. The van der Waals surface area contributed by atoms with Crippen LogP contribution in [0, 0.1) is 3.57 Å². The molecule has 0 bridgehead atoms. The number of amides is 1. The largest absolute Gasteiger partial charge is 0.337 e. The lowest BCUT2D eigenvalue weighted by atomic mass is 10.1. The Morgan fingerprint density at radius 1 is 1.06 bits per heavy atom. The fraction of sp³-hybridized carbons (Fsp3) is 0.133. The molecule has 18 heavy (non-hydrogen) atoms. The van der Waals surface area contributed by atoms with Crippen LogP contribution in [0.4, 0.5) is 0 Å². The Bertz CT molecular complexity index is 539. The molecule has 0 aliphatic carbocycles. The van der Waals surface area contributed by atoms with Gasteiger partial charge in [-0.25, -0.2) is 0 Å². The van der Waals surface area contributed by atoms with Gasteiger partial charge in [-0.2, -0.15) is 0 Å². The van der Waals surface area contributed by atoms with Gasteiger partial charge in [0.15, 0.2) is 0 Å². The lowest BCUT2D eigenvalue weighted by Gasteiger charge is -2.18. The molecule has 0 aromatic heterocycles. The molecule has 0 N–H and O–H groups in total. The highest BCUT2D eigenvalue weighted by Gasteiger charge is 2.14. The average molecular weight is 351 g/mol. The van der Waals surface area contributed by atoms with Gasteiger partial charge in [-0.1, -0.05) is 42.5 Å². The van der Waals surface area contributed by atoms with Crippen molar-refractivity contribution in [1.29, 1.82) is 0 Å². The van der Waals surface area contributed by atoms with Crippen LogP contribution in [0.2, 0.25) is 0 Å². The summed E-state index contributed by atoms with van der Waals surface area (Å²) < 4.78 is 0.986. The summed E-state index contributed by atoms with van der Waals surface area (Å²) in [6.45, 7) is 0.630. The van der Waals surface area contributed by atoms with Crippen LogP contribution in [0.15, 0.2) is 54.6 Å². The molecule has 2 aromatic rings.